The molecule has 1 atom stereocenters. The number of hydrogen-bond donors (Lipinski definition) is 0. The molecule has 1 unspecified atom stereocenters. The average Bonchev–Trinajstić information content (AvgIpc) is 2.38. The monoisotopic (exact) mass is 314 g/mol. The molecule has 4 heteroatoms. The van der Waals surface area contributed by atoms with E-state index in [4.69, 9.17) is 9.47 Å². The van der Waals surface area contributed by atoms with Crippen LogP contribution in [-0.2, 0) is 16.0 Å². The molecule has 3 nitrogen and oxygen atoms in total. The van der Waals surface area contributed by atoms with Crippen LogP contribution in [0.5, 0.6) is 5.75 Å². The van der Waals surface area contributed by atoms with Crippen molar-refractivity contribution in [3.05, 3.63) is 29.3 Å². The molecule has 0 aliphatic heterocycles. The molecule has 0 saturated heterocycles. The van der Waals surface area contributed by atoms with Crippen LogP contribution in [0.1, 0.15) is 24.5 Å². The van der Waals surface area contributed by atoms with E-state index in [9.17, 15) is 4.79 Å². The normalized spacial score (nSPS) is 12.0. The van der Waals surface area contributed by atoms with Crippen LogP contribution in [0, 0.1) is 6.92 Å². The second-order valence-electron chi connectivity index (χ2n) is 4.16. The Morgan fingerprint density at radius 3 is 2.72 bits per heavy atom. The predicted molar refractivity (Wildman–Crippen MR) is 75.4 cm³/mol. The maximum atomic E-state index is 11.7. The number of esters is 1. The number of carbonyl (C=O) groups is 1. The summed E-state index contributed by atoms with van der Waals surface area (Å²) in [7, 11) is 1.63. The first kappa shape index (κ1) is 15.0. The lowest BCUT2D eigenvalue weighted by Gasteiger charge is -2.10. The summed E-state index contributed by atoms with van der Waals surface area (Å²) in [6.45, 7) is 4.43. The summed E-state index contributed by atoms with van der Waals surface area (Å²) in [6.07, 6.45) is 1.24. The standard InChI is InChI=1S/C14H19BrO3/c1-4-12(15)9-18-14(16)8-11-5-6-13(17-3)7-10(11)2/h5-7,12H,4,8-9H2,1-3H3. The highest BCUT2D eigenvalue weighted by Crippen LogP contribution is 2.17. The van der Waals surface area contributed by atoms with E-state index >= 15 is 0 Å². The molecule has 18 heavy (non-hydrogen) atoms. The SMILES string of the molecule is CCC(Br)COC(=O)Cc1ccc(OC)cc1C. The van der Waals surface area contributed by atoms with Crippen molar-refractivity contribution in [3.63, 3.8) is 0 Å². The molecule has 0 bridgehead atoms. The third kappa shape index (κ3) is 4.69. The van der Waals surface area contributed by atoms with E-state index < -0.39 is 0 Å². The van der Waals surface area contributed by atoms with Gasteiger partial charge in [0.05, 0.1) is 13.5 Å². The van der Waals surface area contributed by atoms with Gasteiger partial charge in [0.1, 0.15) is 12.4 Å². The van der Waals surface area contributed by atoms with E-state index in [2.05, 4.69) is 15.9 Å². The van der Waals surface area contributed by atoms with Crippen LogP contribution < -0.4 is 4.74 Å². The number of halogens is 1. The fourth-order valence-corrected chi connectivity index (χ4v) is 1.63. The minimum absolute atomic E-state index is 0.193. The van der Waals surface area contributed by atoms with Crippen molar-refractivity contribution >= 4 is 21.9 Å². The summed E-state index contributed by atoms with van der Waals surface area (Å²) >= 11 is 3.43. The number of ether oxygens (including phenoxy) is 2. The zero-order valence-electron chi connectivity index (χ0n) is 11.0. The molecule has 1 aromatic rings. The summed E-state index contributed by atoms with van der Waals surface area (Å²) in [6, 6.07) is 5.68. The minimum atomic E-state index is -0.193. The Bertz CT molecular complexity index is 404. The lowest BCUT2D eigenvalue weighted by molar-refractivity contribution is -0.142. The fraction of sp³-hybridized carbons (Fsp3) is 0.500. The topological polar surface area (TPSA) is 35.5 Å². The summed E-state index contributed by atoms with van der Waals surface area (Å²) in [4.78, 5) is 11.9. The Kier molecular flexibility index (Phi) is 6.19. The van der Waals surface area contributed by atoms with Gasteiger partial charge >= 0.3 is 5.97 Å². The molecule has 0 aromatic heterocycles. The molecule has 0 aliphatic rings. The molecular formula is C14H19BrO3. The molecule has 0 radical (unpaired) electrons. The first-order chi connectivity index (χ1) is 8.56. The molecule has 1 aromatic carbocycles. The third-order valence-electron chi connectivity index (χ3n) is 2.75. The van der Waals surface area contributed by atoms with E-state index in [0.717, 1.165) is 23.3 Å². The van der Waals surface area contributed by atoms with E-state index in [1.807, 2.05) is 32.0 Å². The number of aryl methyl sites for hydroxylation is 1. The highest BCUT2D eigenvalue weighted by Gasteiger charge is 2.10. The molecule has 0 heterocycles. The molecule has 0 saturated carbocycles. The van der Waals surface area contributed by atoms with Gasteiger partial charge in [-0.1, -0.05) is 28.9 Å². The lowest BCUT2D eigenvalue weighted by Crippen LogP contribution is -2.15. The van der Waals surface area contributed by atoms with Gasteiger partial charge in [-0.15, -0.1) is 0 Å². The van der Waals surface area contributed by atoms with Gasteiger partial charge in [-0.3, -0.25) is 4.79 Å². The van der Waals surface area contributed by atoms with Crippen LogP contribution in [0.15, 0.2) is 18.2 Å². The van der Waals surface area contributed by atoms with Gasteiger partial charge in [-0.2, -0.15) is 0 Å². The largest absolute Gasteiger partial charge is 0.497 e. The minimum Gasteiger partial charge on any atom is -0.497 e. The number of alkyl halides is 1. The van der Waals surface area contributed by atoms with Gasteiger partial charge in [-0.25, -0.2) is 0 Å². The van der Waals surface area contributed by atoms with E-state index in [-0.39, 0.29) is 10.8 Å². The van der Waals surface area contributed by atoms with Crippen molar-refractivity contribution in [2.24, 2.45) is 0 Å². The summed E-state index contributed by atoms with van der Waals surface area (Å²) < 4.78 is 10.3. The van der Waals surface area contributed by atoms with Crippen LogP contribution in [-0.4, -0.2) is 24.5 Å². The molecule has 0 aliphatic carbocycles. The maximum absolute atomic E-state index is 11.7. The Morgan fingerprint density at radius 2 is 2.17 bits per heavy atom. The highest BCUT2D eigenvalue weighted by molar-refractivity contribution is 9.09. The first-order valence-corrected chi connectivity index (χ1v) is 6.91. The number of rotatable bonds is 6. The summed E-state index contributed by atoms with van der Waals surface area (Å²) in [5.74, 6) is 0.609. The number of hydrogen-bond acceptors (Lipinski definition) is 3. The van der Waals surface area contributed by atoms with Crippen molar-refractivity contribution in [1.29, 1.82) is 0 Å². The lowest BCUT2D eigenvalue weighted by atomic mass is 10.1. The molecule has 0 amide bonds. The van der Waals surface area contributed by atoms with Crippen molar-refractivity contribution in [3.8, 4) is 5.75 Å². The van der Waals surface area contributed by atoms with Crippen LogP contribution in [0.2, 0.25) is 0 Å². The quantitative estimate of drug-likeness (QED) is 0.597. The fourth-order valence-electron chi connectivity index (χ4n) is 1.50. The van der Waals surface area contributed by atoms with E-state index in [0.29, 0.717) is 13.0 Å². The molecule has 1 rings (SSSR count). The Morgan fingerprint density at radius 1 is 1.44 bits per heavy atom. The van der Waals surface area contributed by atoms with Crippen LogP contribution in [0.25, 0.3) is 0 Å². The van der Waals surface area contributed by atoms with Crippen molar-refractivity contribution in [2.75, 3.05) is 13.7 Å². The number of methoxy groups -OCH3 is 1. The third-order valence-corrected chi connectivity index (χ3v) is 3.66. The van der Waals surface area contributed by atoms with Gasteiger partial charge in [0, 0.05) is 4.83 Å². The molecule has 0 spiro atoms. The van der Waals surface area contributed by atoms with Crippen molar-refractivity contribution in [1.82, 2.24) is 0 Å². The van der Waals surface area contributed by atoms with Gasteiger partial charge < -0.3 is 9.47 Å². The zero-order valence-corrected chi connectivity index (χ0v) is 12.6. The average molecular weight is 315 g/mol. The highest BCUT2D eigenvalue weighted by atomic mass is 79.9. The first-order valence-electron chi connectivity index (χ1n) is 6.00. The van der Waals surface area contributed by atoms with E-state index in [1.165, 1.54) is 0 Å². The second kappa shape index (κ2) is 7.41. The summed E-state index contributed by atoms with van der Waals surface area (Å²) in [5.41, 5.74) is 2.01. The van der Waals surface area contributed by atoms with Crippen LogP contribution in [0.4, 0.5) is 0 Å². The summed E-state index contributed by atoms with van der Waals surface area (Å²) in [5, 5.41) is 0. The number of carbonyl (C=O) groups excluding carboxylic acids is 1. The molecule has 100 valence electrons. The second-order valence-corrected chi connectivity index (χ2v) is 5.45. The van der Waals surface area contributed by atoms with E-state index in [1.54, 1.807) is 7.11 Å². The van der Waals surface area contributed by atoms with Crippen LogP contribution in [0.3, 0.4) is 0 Å². The van der Waals surface area contributed by atoms with Gasteiger partial charge in [0.2, 0.25) is 0 Å². The van der Waals surface area contributed by atoms with Crippen LogP contribution >= 0.6 is 15.9 Å². The zero-order chi connectivity index (χ0) is 13.5. The van der Waals surface area contributed by atoms with Crippen molar-refractivity contribution < 1.29 is 14.3 Å². The van der Waals surface area contributed by atoms with Gasteiger partial charge in [-0.05, 0) is 36.6 Å². The Hall–Kier alpha value is -1.03. The van der Waals surface area contributed by atoms with Gasteiger partial charge in [0.25, 0.3) is 0 Å². The Labute approximate surface area is 117 Å². The maximum Gasteiger partial charge on any atom is 0.310 e. The van der Waals surface area contributed by atoms with Crippen molar-refractivity contribution in [2.45, 2.75) is 31.5 Å². The molecule has 0 fully saturated rings. The number of benzene rings is 1. The predicted octanol–water partition coefficient (Wildman–Crippen LogP) is 3.26. The molecule has 0 N–H and O–H groups in total. The molecular weight excluding hydrogens is 296 g/mol. The smallest absolute Gasteiger partial charge is 0.310 e. The Balaban J connectivity index is 2.54. The van der Waals surface area contributed by atoms with Gasteiger partial charge in [0.15, 0.2) is 0 Å².